The Kier molecular flexibility index (Phi) is 4.71. The van der Waals surface area contributed by atoms with E-state index in [2.05, 4.69) is 20.2 Å². The van der Waals surface area contributed by atoms with Crippen LogP contribution in [0.5, 0.6) is 0 Å². The number of benzene rings is 1. The smallest absolute Gasteiger partial charge is 0.258 e. The van der Waals surface area contributed by atoms with Crippen LogP contribution in [0, 0.1) is 11.3 Å². The standard InChI is InChI=1S/C19H19N5O3/c20-11-14-1-3-16(4-2-14)23-17(25)15-12-21-18(22-13-15)24-7-5-19(6-8-24)26-9-10-27-19/h1-4,12-13H,5-10H2,(H,23,25). The Morgan fingerprint density at radius 1 is 1.11 bits per heavy atom. The third kappa shape index (κ3) is 3.74. The summed E-state index contributed by atoms with van der Waals surface area (Å²) in [5.74, 6) is -0.133. The first-order valence-corrected chi connectivity index (χ1v) is 8.84. The summed E-state index contributed by atoms with van der Waals surface area (Å²) in [6.45, 7) is 2.80. The molecule has 2 aromatic rings. The van der Waals surface area contributed by atoms with E-state index in [9.17, 15) is 4.79 Å². The summed E-state index contributed by atoms with van der Waals surface area (Å²) in [7, 11) is 0. The first-order chi connectivity index (χ1) is 13.2. The molecule has 8 nitrogen and oxygen atoms in total. The zero-order valence-electron chi connectivity index (χ0n) is 14.7. The first kappa shape index (κ1) is 17.4. The molecule has 0 unspecified atom stereocenters. The Hall–Kier alpha value is -3.02. The quantitative estimate of drug-likeness (QED) is 0.887. The number of nitriles is 1. The highest BCUT2D eigenvalue weighted by molar-refractivity contribution is 6.03. The van der Waals surface area contributed by atoms with Gasteiger partial charge in [-0.1, -0.05) is 0 Å². The number of ether oxygens (including phenoxy) is 2. The summed E-state index contributed by atoms with van der Waals surface area (Å²) >= 11 is 0. The first-order valence-electron chi connectivity index (χ1n) is 8.84. The van der Waals surface area contributed by atoms with Crippen molar-refractivity contribution in [3.05, 3.63) is 47.8 Å². The van der Waals surface area contributed by atoms with Crippen molar-refractivity contribution in [1.29, 1.82) is 5.26 Å². The van der Waals surface area contributed by atoms with Crippen molar-refractivity contribution in [3.8, 4) is 6.07 Å². The van der Waals surface area contributed by atoms with Crippen LogP contribution in [-0.2, 0) is 9.47 Å². The number of carbonyl (C=O) groups is 1. The predicted molar refractivity (Wildman–Crippen MR) is 97.2 cm³/mol. The normalized spacial score (nSPS) is 18.3. The van der Waals surface area contributed by atoms with Crippen molar-refractivity contribution in [2.45, 2.75) is 18.6 Å². The molecule has 27 heavy (non-hydrogen) atoms. The second kappa shape index (κ2) is 7.31. The molecule has 0 saturated carbocycles. The van der Waals surface area contributed by atoms with Gasteiger partial charge in [0.1, 0.15) is 0 Å². The molecule has 138 valence electrons. The molecule has 1 spiro atoms. The maximum absolute atomic E-state index is 12.3. The average molecular weight is 365 g/mol. The van der Waals surface area contributed by atoms with E-state index in [1.54, 1.807) is 24.3 Å². The molecule has 2 saturated heterocycles. The van der Waals surface area contributed by atoms with Crippen molar-refractivity contribution in [3.63, 3.8) is 0 Å². The van der Waals surface area contributed by atoms with Crippen LogP contribution in [0.25, 0.3) is 0 Å². The molecule has 0 aliphatic carbocycles. The Morgan fingerprint density at radius 2 is 1.74 bits per heavy atom. The molecule has 1 amide bonds. The molecule has 0 bridgehead atoms. The van der Waals surface area contributed by atoms with Gasteiger partial charge in [-0.05, 0) is 24.3 Å². The van der Waals surface area contributed by atoms with E-state index in [1.807, 2.05) is 6.07 Å². The van der Waals surface area contributed by atoms with E-state index in [0.717, 1.165) is 25.9 Å². The molecule has 2 aliphatic heterocycles. The highest BCUT2D eigenvalue weighted by atomic mass is 16.7. The molecule has 2 aliphatic rings. The lowest BCUT2D eigenvalue weighted by Crippen LogP contribution is -2.45. The van der Waals surface area contributed by atoms with Gasteiger partial charge < -0.3 is 19.7 Å². The summed E-state index contributed by atoms with van der Waals surface area (Å²) in [4.78, 5) is 23.1. The zero-order valence-corrected chi connectivity index (χ0v) is 14.7. The van der Waals surface area contributed by atoms with Gasteiger partial charge in [0.05, 0.1) is 30.4 Å². The molecule has 0 radical (unpaired) electrons. The summed E-state index contributed by atoms with van der Waals surface area (Å²) in [6, 6.07) is 8.70. The Balaban J connectivity index is 1.37. The lowest BCUT2D eigenvalue weighted by molar-refractivity contribution is -0.169. The van der Waals surface area contributed by atoms with E-state index in [1.165, 1.54) is 12.4 Å². The number of carbonyl (C=O) groups excluding carboxylic acids is 1. The largest absolute Gasteiger partial charge is 0.347 e. The molecular weight excluding hydrogens is 346 g/mol. The summed E-state index contributed by atoms with van der Waals surface area (Å²) in [5, 5.41) is 11.6. The summed E-state index contributed by atoms with van der Waals surface area (Å²) in [5.41, 5.74) is 1.53. The monoisotopic (exact) mass is 365 g/mol. The number of aromatic nitrogens is 2. The van der Waals surface area contributed by atoms with Gasteiger partial charge >= 0.3 is 0 Å². The van der Waals surface area contributed by atoms with Crippen molar-refractivity contribution < 1.29 is 14.3 Å². The van der Waals surface area contributed by atoms with Crippen molar-refractivity contribution in [2.24, 2.45) is 0 Å². The minimum absolute atomic E-state index is 0.295. The second-order valence-corrected chi connectivity index (χ2v) is 6.51. The Bertz CT molecular complexity index is 844. The molecule has 1 aromatic carbocycles. The van der Waals surface area contributed by atoms with Crippen molar-refractivity contribution >= 4 is 17.5 Å². The summed E-state index contributed by atoms with van der Waals surface area (Å²) < 4.78 is 11.5. The Labute approximate surface area is 156 Å². The fraction of sp³-hybridized carbons (Fsp3) is 0.368. The molecular formula is C19H19N5O3. The minimum atomic E-state index is -0.433. The number of amides is 1. The van der Waals surface area contributed by atoms with Crippen LogP contribution in [0.4, 0.5) is 11.6 Å². The number of nitrogens with zero attached hydrogens (tertiary/aromatic N) is 4. The van der Waals surface area contributed by atoms with Gasteiger partial charge in [0.2, 0.25) is 5.95 Å². The van der Waals surface area contributed by atoms with Crippen LogP contribution >= 0.6 is 0 Å². The molecule has 2 fully saturated rings. The maximum atomic E-state index is 12.3. The van der Waals surface area contributed by atoms with Crippen LogP contribution in [0.15, 0.2) is 36.7 Å². The van der Waals surface area contributed by atoms with Gasteiger partial charge in [0.15, 0.2) is 5.79 Å². The lowest BCUT2D eigenvalue weighted by Gasteiger charge is -2.37. The number of hydrogen-bond acceptors (Lipinski definition) is 7. The number of nitrogens with one attached hydrogen (secondary N) is 1. The highest BCUT2D eigenvalue weighted by Gasteiger charge is 2.40. The van der Waals surface area contributed by atoms with Crippen molar-refractivity contribution in [2.75, 3.05) is 36.5 Å². The van der Waals surface area contributed by atoms with Gasteiger partial charge in [-0.15, -0.1) is 0 Å². The lowest BCUT2D eigenvalue weighted by atomic mass is 10.0. The number of hydrogen-bond donors (Lipinski definition) is 1. The van der Waals surface area contributed by atoms with E-state index in [0.29, 0.717) is 36.0 Å². The molecule has 1 aromatic heterocycles. The van der Waals surface area contributed by atoms with Crippen molar-refractivity contribution in [1.82, 2.24) is 9.97 Å². The fourth-order valence-corrected chi connectivity index (χ4v) is 3.27. The highest BCUT2D eigenvalue weighted by Crippen LogP contribution is 2.32. The molecule has 8 heteroatoms. The van der Waals surface area contributed by atoms with Crippen LogP contribution in [0.3, 0.4) is 0 Å². The minimum Gasteiger partial charge on any atom is -0.347 e. The third-order valence-corrected chi connectivity index (χ3v) is 4.79. The zero-order chi connectivity index (χ0) is 18.7. The average Bonchev–Trinajstić information content (AvgIpc) is 3.17. The van der Waals surface area contributed by atoms with E-state index in [-0.39, 0.29) is 5.91 Å². The number of anilines is 2. The van der Waals surface area contributed by atoms with E-state index < -0.39 is 5.79 Å². The molecule has 0 atom stereocenters. The fourth-order valence-electron chi connectivity index (χ4n) is 3.27. The molecule has 1 N–H and O–H groups in total. The SMILES string of the molecule is N#Cc1ccc(NC(=O)c2cnc(N3CCC4(CC3)OCCO4)nc2)cc1. The predicted octanol–water partition coefficient (Wildman–Crippen LogP) is 1.94. The van der Waals surface area contributed by atoms with Gasteiger partial charge in [0.25, 0.3) is 5.91 Å². The van der Waals surface area contributed by atoms with E-state index in [4.69, 9.17) is 14.7 Å². The van der Waals surface area contributed by atoms with Crippen LogP contribution < -0.4 is 10.2 Å². The van der Waals surface area contributed by atoms with Gasteiger partial charge in [-0.2, -0.15) is 5.26 Å². The second-order valence-electron chi connectivity index (χ2n) is 6.51. The summed E-state index contributed by atoms with van der Waals surface area (Å²) in [6.07, 6.45) is 4.59. The molecule has 3 heterocycles. The van der Waals surface area contributed by atoms with Gasteiger partial charge in [0, 0.05) is 44.0 Å². The number of rotatable bonds is 3. The van der Waals surface area contributed by atoms with Gasteiger partial charge in [-0.3, -0.25) is 4.79 Å². The van der Waals surface area contributed by atoms with E-state index >= 15 is 0 Å². The van der Waals surface area contributed by atoms with Crippen LogP contribution in [0.1, 0.15) is 28.8 Å². The topological polar surface area (TPSA) is 100 Å². The Morgan fingerprint density at radius 3 is 2.33 bits per heavy atom. The maximum Gasteiger partial charge on any atom is 0.258 e. The van der Waals surface area contributed by atoms with Crippen LogP contribution in [-0.4, -0.2) is 48.0 Å². The third-order valence-electron chi connectivity index (χ3n) is 4.79. The van der Waals surface area contributed by atoms with Gasteiger partial charge in [-0.25, -0.2) is 9.97 Å². The molecule has 4 rings (SSSR count). The number of piperidine rings is 1. The van der Waals surface area contributed by atoms with Crippen LogP contribution in [0.2, 0.25) is 0 Å².